The van der Waals surface area contributed by atoms with Crippen molar-refractivity contribution in [3.8, 4) is 0 Å². The van der Waals surface area contributed by atoms with Crippen molar-refractivity contribution >= 4 is 134 Å². The zero-order chi connectivity index (χ0) is 47.8. The quantitative estimate of drug-likeness (QED) is 0.0487. The molecule has 0 rings (SSSR count). The summed E-state index contributed by atoms with van der Waals surface area (Å²) >= 11 is 0. The molecule has 0 aliphatic heterocycles. The van der Waals surface area contributed by atoms with Gasteiger partial charge in [0.1, 0.15) is 0 Å². The molecule has 0 saturated heterocycles. The number of hydrogen-bond acceptors (Lipinski definition) is 4. The molecule has 0 aliphatic carbocycles. The third-order valence-electron chi connectivity index (χ3n) is 6.57. The number of rotatable bonds is 32. The Morgan fingerprint density at radius 1 is 0.191 bits per heavy atom. The molecule has 0 aromatic rings. The van der Waals surface area contributed by atoms with Crippen LogP contribution >= 0.6 is 0 Å². The van der Waals surface area contributed by atoms with Crippen molar-refractivity contribution in [3.05, 3.63) is 39.9 Å². The van der Waals surface area contributed by atoms with E-state index in [1.54, 1.807) is 0 Å². The number of nitrogens with zero attached hydrogens (tertiary/aromatic N) is 8. The Morgan fingerprint density at radius 2 is 0.265 bits per heavy atom. The van der Waals surface area contributed by atoms with E-state index in [4.69, 9.17) is 18.9 Å². The first-order valence-electron chi connectivity index (χ1n) is 22.6. The third kappa shape index (κ3) is 125. The van der Waals surface area contributed by atoms with Crippen LogP contribution in [0.15, 0.2) is 0 Å². The zero-order valence-electron chi connectivity index (χ0n) is 48.2. The summed E-state index contributed by atoms with van der Waals surface area (Å²) in [5.41, 5.74) is 0. The summed E-state index contributed by atoms with van der Waals surface area (Å²) in [5, 5.41) is 0. The maximum atomic E-state index is 5.48. The molecule has 0 aromatic carbocycles. The molecular formula is C40H104N8O4Se4Si8Ti4. The minimum Gasteiger partial charge on any atom is -2.00 e. The molecule has 0 bridgehead atoms. The van der Waals surface area contributed by atoms with Gasteiger partial charge in [-0.2, -0.15) is 0 Å². The van der Waals surface area contributed by atoms with Crippen LogP contribution in [0.3, 0.4) is 0 Å². The molecule has 0 radical (unpaired) electrons. The van der Waals surface area contributed by atoms with Crippen molar-refractivity contribution in [2.75, 3.05) is 105 Å². The van der Waals surface area contributed by atoms with E-state index >= 15 is 0 Å². The van der Waals surface area contributed by atoms with Crippen LogP contribution in [0.2, 0.25) is 157 Å². The molecule has 0 unspecified atom stereocenters. The van der Waals surface area contributed by atoms with Crippen molar-refractivity contribution < 1.29 is 106 Å². The maximum absolute atomic E-state index is 5.48. The van der Waals surface area contributed by atoms with Crippen molar-refractivity contribution in [2.24, 2.45) is 0 Å². The molecular weight excluding hydrogens is 1390 g/mol. The molecule has 0 heterocycles. The molecule has 0 aliphatic rings. The van der Waals surface area contributed by atoms with Gasteiger partial charge in [0, 0.05) is 52.9 Å². The fourth-order valence-electron chi connectivity index (χ4n) is 3.97. The van der Waals surface area contributed by atoms with Crippen LogP contribution in [0.1, 0.15) is 0 Å². The second kappa shape index (κ2) is 56.5. The second-order valence-corrected chi connectivity index (χ2v) is 60.1. The first kappa shape index (κ1) is 103. The summed E-state index contributed by atoms with van der Waals surface area (Å²) in [6.45, 7) is 66.7. The summed E-state index contributed by atoms with van der Waals surface area (Å²) in [4.78, 5) is 36.8. The minimum atomic E-state index is -1.23. The van der Waals surface area contributed by atoms with Crippen LogP contribution in [-0.4, -0.2) is 239 Å². The predicted octanol–water partition coefficient (Wildman–Crippen LogP) is 12.1. The molecule has 12 nitrogen and oxygen atoms in total. The molecule has 0 atom stereocenters. The normalized spacial score (nSPS) is 11.6. The molecule has 0 amide bonds. The van der Waals surface area contributed by atoms with Crippen LogP contribution in [0.25, 0.3) is 39.9 Å². The molecule has 0 fully saturated rings. The molecule has 400 valence electrons. The Balaban J connectivity index is -0.0000000592. The monoisotopic (exact) mass is 1500 g/mol. The van der Waals surface area contributed by atoms with E-state index in [0.717, 1.165) is 105 Å². The molecule has 0 N–H and O–H groups in total. The van der Waals surface area contributed by atoms with Gasteiger partial charge in [0.25, 0.3) is 0 Å². The van der Waals surface area contributed by atoms with Gasteiger partial charge in [-0.3, -0.25) is 0 Å². The summed E-state index contributed by atoms with van der Waals surface area (Å²) in [6, 6.07) is 0. The first-order chi connectivity index (χ1) is 26.8. The van der Waals surface area contributed by atoms with Crippen LogP contribution in [0.4, 0.5) is 0 Å². The van der Waals surface area contributed by atoms with E-state index < -0.39 is 65.9 Å². The van der Waals surface area contributed by atoms with Crippen LogP contribution in [-0.2, 0) is 106 Å². The van der Waals surface area contributed by atoms with Gasteiger partial charge in [0.2, 0.25) is 0 Å². The summed E-state index contributed by atoms with van der Waals surface area (Å²) < 4.78 is 21.9. The van der Waals surface area contributed by atoms with Crippen molar-refractivity contribution in [1.82, 2.24) is 0 Å². The smallest absolute Gasteiger partial charge is 2.00 e. The molecule has 0 aromatic heterocycles. The maximum Gasteiger partial charge on any atom is 4.00 e. The average molecular weight is 1490 g/mol. The Kier molecular flexibility index (Phi) is 85.3. The van der Waals surface area contributed by atoms with Gasteiger partial charge in [-0.15, -0.1) is 52.4 Å². The molecule has 0 spiro atoms. The van der Waals surface area contributed by atoms with Gasteiger partial charge < -0.3 is 127 Å². The van der Waals surface area contributed by atoms with Gasteiger partial charge in [-0.25, -0.2) is 0 Å². The Morgan fingerprint density at radius 3 is 0.324 bits per heavy atom. The van der Waals surface area contributed by atoms with Crippen molar-refractivity contribution in [2.45, 2.75) is 157 Å². The van der Waals surface area contributed by atoms with E-state index in [1.807, 2.05) is 0 Å². The van der Waals surface area contributed by atoms with E-state index in [1.165, 1.54) is 0 Å². The standard InChI is InChI=1S/4C10H26N2OSi2.4Se.4Ti/c4*1-14(2,3)11-7-9-13-10-8-12-15(4,5)6;;;;;;;;/h4*7-10H2,1-6H3;;;;;;;;/q8*-2;4*+4. The van der Waals surface area contributed by atoms with Crippen LogP contribution in [0.5, 0.6) is 0 Å². The third-order valence-corrected chi connectivity index (χ3v) is 16.0. The molecule has 0 saturated carbocycles. The first-order valence-corrected chi connectivity index (χ1v) is 50.2. The summed E-state index contributed by atoms with van der Waals surface area (Å²) in [5.74, 6) is 0. The largest absolute Gasteiger partial charge is 4.00 e. The second-order valence-electron chi connectivity index (χ2n) is 22.9. The van der Waals surface area contributed by atoms with E-state index in [2.05, 4.69) is 197 Å². The SMILES string of the molecule is C[Si](C)(C)[N-]CCOCC[N-][Si](C)(C)C.C[Si](C)(C)[N-]CCOCC[N-][Si](C)(C)C.C[Si](C)(C)[N-]CCOCC[N-][Si](C)(C)C.C[Si](C)(C)[N-]CCOCC[N-][Si](C)(C)C.[Se-2].[Se-2].[Se-2].[Se-2].[Ti+4].[Ti+4].[Ti+4].[Ti+4]. The van der Waals surface area contributed by atoms with Crippen LogP contribution in [0, 0.1) is 0 Å². The van der Waals surface area contributed by atoms with Gasteiger partial charge in [-0.05, 0) is 0 Å². The average Bonchev–Trinajstić information content (AvgIpc) is 3.00. The minimum absolute atomic E-state index is 0. The van der Waals surface area contributed by atoms with Gasteiger partial charge in [0.05, 0.1) is 0 Å². The Labute approximate surface area is 535 Å². The van der Waals surface area contributed by atoms with Crippen molar-refractivity contribution in [1.29, 1.82) is 0 Å². The van der Waals surface area contributed by atoms with Crippen molar-refractivity contribution in [3.63, 3.8) is 0 Å². The topological polar surface area (TPSA) is 150 Å². The van der Waals surface area contributed by atoms with Gasteiger partial charge in [-0.1, -0.05) is 223 Å². The van der Waals surface area contributed by atoms with Gasteiger partial charge in [0.15, 0.2) is 0 Å². The fourth-order valence-corrected chi connectivity index (χ4v) is 10.1. The molecule has 28 heteroatoms. The van der Waals surface area contributed by atoms with E-state index in [-0.39, 0.29) is 155 Å². The number of ether oxygens (including phenoxy) is 4. The Bertz CT molecular complexity index is 779. The van der Waals surface area contributed by atoms with E-state index in [9.17, 15) is 0 Å². The van der Waals surface area contributed by atoms with Gasteiger partial charge >= 0.3 is 86.9 Å². The predicted molar refractivity (Wildman–Crippen MR) is 319 cm³/mol. The number of hydrogen-bond donors (Lipinski definition) is 0. The Hall–Kier alpha value is 6.19. The summed E-state index contributed by atoms with van der Waals surface area (Å²) in [6.07, 6.45) is 0. The summed E-state index contributed by atoms with van der Waals surface area (Å²) in [7, 11) is -9.82. The van der Waals surface area contributed by atoms with E-state index in [0.29, 0.717) is 0 Å². The fraction of sp³-hybridized carbons (Fsp3) is 1.00. The van der Waals surface area contributed by atoms with Crippen LogP contribution < -0.4 is 0 Å². The molecule has 68 heavy (non-hydrogen) atoms. The zero-order valence-corrected chi connectivity index (χ0v) is 69.3.